The number of hydrogen-bond donors (Lipinski definition) is 1. The number of anilines is 1. The lowest BCUT2D eigenvalue weighted by atomic mass is 10.2. The van der Waals surface area contributed by atoms with Crippen molar-refractivity contribution in [3.8, 4) is 6.07 Å². The van der Waals surface area contributed by atoms with Crippen molar-refractivity contribution in [2.45, 2.75) is 13.3 Å². The Hall–Kier alpha value is -1.90. The van der Waals surface area contributed by atoms with Crippen molar-refractivity contribution in [2.24, 2.45) is 0 Å². The summed E-state index contributed by atoms with van der Waals surface area (Å²) in [6.45, 7) is 4.01. The molecule has 0 saturated heterocycles. The van der Waals surface area contributed by atoms with E-state index >= 15 is 0 Å². The van der Waals surface area contributed by atoms with E-state index in [4.69, 9.17) is 14.7 Å². The zero-order chi connectivity index (χ0) is 13.9. The second-order valence-electron chi connectivity index (χ2n) is 3.80. The normalized spacial score (nSPS) is 9.89. The third-order valence-electron chi connectivity index (χ3n) is 2.35. The van der Waals surface area contributed by atoms with Gasteiger partial charge in [0, 0.05) is 12.3 Å². The topological polar surface area (TPSA) is 71.3 Å². The number of carbonyl (C=O) groups is 1. The molecule has 0 atom stereocenters. The molecule has 0 heterocycles. The molecule has 0 bridgehead atoms. The third-order valence-corrected chi connectivity index (χ3v) is 2.35. The van der Waals surface area contributed by atoms with Gasteiger partial charge in [0.15, 0.2) is 0 Å². The predicted molar refractivity (Wildman–Crippen MR) is 71.7 cm³/mol. The molecule has 0 unspecified atom stereocenters. The monoisotopic (exact) mass is 262 g/mol. The molecule has 5 nitrogen and oxygen atoms in total. The summed E-state index contributed by atoms with van der Waals surface area (Å²) < 4.78 is 10.4. The van der Waals surface area contributed by atoms with E-state index in [9.17, 15) is 4.79 Å². The third kappa shape index (κ3) is 6.55. The Bertz CT molecular complexity index is 423. The molecular formula is C14H18N2O3. The molecule has 1 amide bonds. The summed E-state index contributed by atoms with van der Waals surface area (Å²) in [6.07, 6.45) is 0.298. The van der Waals surface area contributed by atoms with Crippen molar-refractivity contribution in [2.75, 3.05) is 31.7 Å². The van der Waals surface area contributed by atoms with Gasteiger partial charge in [0.2, 0.25) is 5.91 Å². The Balaban J connectivity index is 2.18. The lowest BCUT2D eigenvalue weighted by molar-refractivity contribution is -0.117. The summed E-state index contributed by atoms with van der Waals surface area (Å²) in [5.41, 5.74) is 1.25. The quantitative estimate of drug-likeness (QED) is 0.727. The lowest BCUT2D eigenvalue weighted by Gasteiger charge is -2.06. The summed E-state index contributed by atoms with van der Waals surface area (Å²) in [7, 11) is 0. The number of nitrogens with one attached hydrogen (secondary N) is 1. The van der Waals surface area contributed by atoms with Gasteiger partial charge in [0.1, 0.15) is 0 Å². The van der Waals surface area contributed by atoms with Gasteiger partial charge in [-0.1, -0.05) is 0 Å². The van der Waals surface area contributed by atoms with Gasteiger partial charge in [-0.25, -0.2) is 0 Å². The van der Waals surface area contributed by atoms with Crippen LogP contribution in [0.4, 0.5) is 5.69 Å². The molecule has 0 spiro atoms. The first kappa shape index (κ1) is 15.2. The SMILES string of the molecule is CCOCCOCCC(=O)Nc1ccc(C#N)cc1. The van der Waals surface area contributed by atoms with Gasteiger partial charge in [-0.05, 0) is 31.2 Å². The standard InChI is InChI=1S/C14H18N2O3/c1-2-18-9-10-19-8-7-14(17)16-13-5-3-12(11-15)4-6-13/h3-6H,2,7-10H2,1H3,(H,16,17). The number of nitriles is 1. The molecule has 0 aliphatic rings. The highest BCUT2D eigenvalue weighted by atomic mass is 16.5. The number of rotatable bonds is 8. The molecule has 19 heavy (non-hydrogen) atoms. The van der Waals surface area contributed by atoms with Gasteiger partial charge >= 0.3 is 0 Å². The number of benzene rings is 1. The largest absolute Gasteiger partial charge is 0.379 e. The summed E-state index contributed by atoms with van der Waals surface area (Å²) in [4.78, 5) is 11.6. The molecule has 1 N–H and O–H groups in total. The molecule has 1 aromatic carbocycles. The average Bonchev–Trinajstić information content (AvgIpc) is 2.43. The molecule has 1 aromatic rings. The van der Waals surface area contributed by atoms with Crippen LogP contribution in [0.5, 0.6) is 0 Å². The van der Waals surface area contributed by atoms with E-state index in [0.29, 0.717) is 44.1 Å². The minimum atomic E-state index is -0.110. The molecule has 0 aromatic heterocycles. The Morgan fingerprint density at radius 2 is 1.89 bits per heavy atom. The van der Waals surface area contributed by atoms with Crippen LogP contribution in [0.1, 0.15) is 18.9 Å². The number of hydrogen-bond acceptors (Lipinski definition) is 4. The van der Waals surface area contributed by atoms with Crippen molar-refractivity contribution >= 4 is 11.6 Å². The van der Waals surface area contributed by atoms with Crippen LogP contribution >= 0.6 is 0 Å². The molecule has 0 saturated carbocycles. The van der Waals surface area contributed by atoms with E-state index in [1.54, 1.807) is 24.3 Å². The molecule has 5 heteroatoms. The van der Waals surface area contributed by atoms with Gasteiger partial charge in [-0.15, -0.1) is 0 Å². The fourth-order valence-corrected chi connectivity index (χ4v) is 1.38. The fraction of sp³-hybridized carbons (Fsp3) is 0.429. The maximum absolute atomic E-state index is 11.6. The molecule has 0 radical (unpaired) electrons. The minimum absolute atomic E-state index is 0.110. The summed E-state index contributed by atoms with van der Waals surface area (Å²) in [5, 5.41) is 11.4. The van der Waals surface area contributed by atoms with E-state index in [0.717, 1.165) is 0 Å². The highest BCUT2D eigenvalue weighted by Crippen LogP contribution is 2.08. The van der Waals surface area contributed by atoms with Gasteiger partial charge in [0.25, 0.3) is 0 Å². The highest BCUT2D eigenvalue weighted by molar-refractivity contribution is 5.90. The Labute approximate surface area is 113 Å². The minimum Gasteiger partial charge on any atom is -0.379 e. The van der Waals surface area contributed by atoms with Crippen molar-refractivity contribution in [3.63, 3.8) is 0 Å². The van der Waals surface area contributed by atoms with Crippen LogP contribution in [0, 0.1) is 11.3 Å². The molecule has 0 aliphatic heterocycles. The molecule has 0 aliphatic carbocycles. The van der Waals surface area contributed by atoms with Crippen LogP contribution in [0.2, 0.25) is 0 Å². The van der Waals surface area contributed by atoms with Gasteiger partial charge in [-0.2, -0.15) is 5.26 Å². The number of ether oxygens (including phenoxy) is 2. The first-order valence-corrected chi connectivity index (χ1v) is 6.21. The first-order valence-electron chi connectivity index (χ1n) is 6.21. The van der Waals surface area contributed by atoms with Crippen LogP contribution in [-0.4, -0.2) is 32.3 Å². The van der Waals surface area contributed by atoms with Crippen LogP contribution in [0.25, 0.3) is 0 Å². The maximum atomic E-state index is 11.6. The molecule has 102 valence electrons. The maximum Gasteiger partial charge on any atom is 0.226 e. The smallest absolute Gasteiger partial charge is 0.226 e. The van der Waals surface area contributed by atoms with E-state index in [-0.39, 0.29) is 5.91 Å². The van der Waals surface area contributed by atoms with E-state index in [1.165, 1.54) is 0 Å². The zero-order valence-corrected chi connectivity index (χ0v) is 11.0. The summed E-state index contributed by atoms with van der Waals surface area (Å²) in [6, 6.07) is 8.74. The van der Waals surface area contributed by atoms with Crippen LogP contribution in [-0.2, 0) is 14.3 Å². The second kappa shape index (κ2) is 9.09. The van der Waals surface area contributed by atoms with E-state index in [2.05, 4.69) is 5.32 Å². The Morgan fingerprint density at radius 3 is 2.53 bits per heavy atom. The van der Waals surface area contributed by atoms with Crippen molar-refractivity contribution in [3.05, 3.63) is 29.8 Å². The predicted octanol–water partition coefficient (Wildman–Crippen LogP) is 1.94. The van der Waals surface area contributed by atoms with E-state index in [1.807, 2.05) is 13.0 Å². The Morgan fingerprint density at radius 1 is 1.21 bits per heavy atom. The van der Waals surface area contributed by atoms with E-state index < -0.39 is 0 Å². The van der Waals surface area contributed by atoms with Gasteiger partial charge in [-0.3, -0.25) is 4.79 Å². The lowest BCUT2D eigenvalue weighted by Crippen LogP contribution is -2.15. The average molecular weight is 262 g/mol. The summed E-state index contributed by atoms with van der Waals surface area (Å²) in [5.74, 6) is -0.110. The van der Waals surface area contributed by atoms with Crippen LogP contribution < -0.4 is 5.32 Å². The molecule has 0 fully saturated rings. The first-order chi connectivity index (χ1) is 9.26. The number of carbonyl (C=O) groups excluding carboxylic acids is 1. The second-order valence-corrected chi connectivity index (χ2v) is 3.80. The van der Waals surface area contributed by atoms with Crippen molar-refractivity contribution in [1.29, 1.82) is 5.26 Å². The van der Waals surface area contributed by atoms with Crippen molar-refractivity contribution < 1.29 is 14.3 Å². The molecule has 1 rings (SSSR count). The summed E-state index contributed by atoms with van der Waals surface area (Å²) >= 11 is 0. The highest BCUT2D eigenvalue weighted by Gasteiger charge is 2.02. The molecular weight excluding hydrogens is 244 g/mol. The van der Waals surface area contributed by atoms with Crippen LogP contribution in [0.15, 0.2) is 24.3 Å². The van der Waals surface area contributed by atoms with Gasteiger partial charge < -0.3 is 14.8 Å². The zero-order valence-electron chi connectivity index (χ0n) is 11.0. The van der Waals surface area contributed by atoms with Gasteiger partial charge in [0.05, 0.1) is 37.9 Å². The van der Waals surface area contributed by atoms with Crippen molar-refractivity contribution in [1.82, 2.24) is 0 Å². The number of amides is 1. The van der Waals surface area contributed by atoms with Crippen LogP contribution in [0.3, 0.4) is 0 Å². The fourth-order valence-electron chi connectivity index (χ4n) is 1.38. The Kier molecular flexibility index (Phi) is 7.25. The number of nitrogens with zero attached hydrogens (tertiary/aromatic N) is 1.